The molecule has 0 aromatic heterocycles. The van der Waals surface area contributed by atoms with Crippen molar-refractivity contribution in [3.63, 3.8) is 0 Å². The first kappa shape index (κ1) is 24.0. The molecular weight excluding hydrogens is 460 g/mol. The van der Waals surface area contributed by atoms with Gasteiger partial charge in [-0.25, -0.2) is 8.42 Å². The molecule has 2 fully saturated rings. The fourth-order valence-corrected chi connectivity index (χ4v) is 6.16. The topological polar surface area (TPSA) is 73.0 Å². The predicted molar refractivity (Wildman–Crippen MR) is 132 cm³/mol. The number of carbonyl (C=O) groups is 1. The smallest absolute Gasteiger partial charge is 0.243 e. The van der Waals surface area contributed by atoms with Crippen molar-refractivity contribution in [3.05, 3.63) is 53.1 Å². The van der Waals surface area contributed by atoms with E-state index in [1.165, 1.54) is 22.1 Å². The Morgan fingerprint density at radius 2 is 1.73 bits per heavy atom. The second-order valence-electron chi connectivity index (χ2n) is 8.94. The molecular formula is C24H31ClN4O3S. The SMILES string of the molecule is Cc1cc(NC(=O)C2CCCN(S(=O)(=O)c3ccc(Cl)cc3)C2)ccc1N1CCN(C)CC1. The van der Waals surface area contributed by atoms with Crippen molar-refractivity contribution in [1.82, 2.24) is 9.21 Å². The summed E-state index contributed by atoms with van der Waals surface area (Å²) in [6.45, 7) is 6.70. The van der Waals surface area contributed by atoms with Gasteiger partial charge in [0.2, 0.25) is 15.9 Å². The van der Waals surface area contributed by atoms with Gasteiger partial charge in [0.25, 0.3) is 0 Å². The lowest BCUT2D eigenvalue weighted by Gasteiger charge is -2.35. The van der Waals surface area contributed by atoms with Crippen molar-refractivity contribution < 1.29 is 13.2 Å². The summed E-state index contributed by atoms with van der Waals surface area (Å²) in [5, 5.41) is 3.49. The number of nitrogens with zero attached hydrogens (tertiary/aromatic N) is 3. The fourth-order valence-electron chi connectivity index (χ4n) is 4.51. The van der Waals surface area contributed by atoms with Crippen LogP contribution in [-0.4, -0.2) is 69.8 Å². The Bertz CT molecular complexity index is 1100. The second kappa shape index (κ2) is 10.0. The molecule has 2 heterocycles. The van der Waals surface area contributed by atoms with Gasteiger partial charge < -0.3 is 15.1 Å². The number of hydrogen-bond donors (Lipinski definition) is 1. The first-order valence-corrected chi connectivity index (χ1v) is 13.2. The number of likely N-dealkylation sites (N-methyl/N-ethyl adjacent to an activating group) is 1. The van der Waals surface area contributed by atoms with Crippen LogP contribution in [0.2, 0.25) is 5.02 Å². The van der Waals surface area contributed by atoms with Gasteiger partial charge in [0.05, 0.1) is 10.8 Å². The largest absolute Gasteiger partial charge is 0.369 e. The number of aryl methyl sites for hydroxylation is 1. The van der Waals surface area contributed by atoms with Crippen molar-refractivity contribution >= 4 is 38.9 Å². The molecule has 33 heavy (non-hydrogen) atoms. The van der Waals surface area contributed by atoms with E-state index in [1.807, 2.05) is 12.1 Å². The molecule has 1 unspecified atom stereocenters. The number of amides is 1. The van der Waals surface area contributed by atoms with Crippen molar-refractivity contribution in [2.45, 2.75) is 24.7 Å². The lowest BCUT2D eigenvalue weighted by atomic mass is 9.98. The number of piperazine rings is 1. The van der Waals surface area contributed by atoms with E-state index >= 15 is 0 Å². The number of nitrogens with one attached hydrogen (secondary N) is 1. The van der Waals surface area contributed by atoms with Gasteiger partial charge in [-0.15, -0.1) is 0 Å². The van der Waals surface area contributed by atoms with E-state index in [0.717, 1.165) is 37.4 Å². The molecule has 2 saturated heterocycles. The zero-order valence-corrected chi connectivity index (χ0v) is 20.7. The molecule has 2 aliphatic rings. The highest BCUT2D eigenvalue weighted by Crippen LogP contribution is 2.28. The summed E-state index contributed by atoms with van der Waals surface area (Å²) in [6, 6.07) is 12.1. The van der Waals surface area contributed by atoms with E-state index in [9.17, 15) is 13.2 Å². The third kappa shape index (κ3) is 5.51. The number of carbonyl (C=O) groups excluding carboxylic acids is 1. The molecule has 0 radical (unpaired) electrons. The molecule has 2 aromatic carbocycles. The van der Waals surface area contributed by atoms with Crippen LogP contribution in [-0.2, 0) is 14.8 Å². The third-order valence-corrected chi connectivity index (χ3v) is 8.65. The summed E-state index contributed by atoms with van der Waals surface area (Å²) in [5.74, 6) is -0.531. The normalized spacial score (nSPS) is 20.6. The first-order valence-electron chi connectivity index (χ1n) is 11.3. The number of anilines is 2. The minimum absolute atomic E-state index is 0.141. The van der Waals surface area contributed by atoms with Crippen LogP contribution in [0.15, 0.2) is 47.4 Å². The van der Waals surface area contributed by atoms with Crippen LogP contribution in [0.4, 0.5) is 11.4 Å². The Kier molecular flexibility index (Phi) is 7.28. The monoisotopic (exact) mass is 490 g/mol. The molecule has 1 N–H and O–H groups in total. The minimum atomic E-state index is -3.66. The van der Waals surface area contributed by atoms with E-state index in [4.69, 9.17) is 11.6 Å². The van der Waals surface area contributed by atoms with Crippen molar-refractivity contribution in [3.8, 4) is 0 Å². The molecule has 0 saturated carbocycles. The Hall–Kier alpha value is -2.13. The van der Waals surface area contributed by atoms with E-state index in [0.29, 0.717) is 24.4 Å². The molecule has 1 atom stereocenters. The Morgan fingerprint density at radius 1 is 1.03 bits per heavy atom. The Morgan fingerprint density at radius 3 is 2.39 bits per heavy atom. The van der Waals surface area contributed by atoms with Gasteiger partial charge in [-0.05, 0) is 74.8 Å². The summed E-state index contributed by atoms with van der Waals surface area (Å²) in [4.78, 5) is 17.9. The van der Waals surface area contributed by atoms with E-state index in [-0.39, 0.29) is 17.3 Å². The van der Waals surface area contributed by atoms with E-state index in [1.54, 1.807) is 12.1 Å². The molecule has 1 amide bonds. The minimum Gasteiger partial charge on any atom is -0.369 e. The van der Waals surface area contributed by atoms with Gasteiger partial charge in [0.15, 0.2) is 0 Å². The molecule has 7 nitrogen and oxygen atoms in total. The zero-order valence-electron chi connectivity index (χ0n) is 19.1. The van der Waals surface area contributed by atoms with Crippen LogP contribution in [0.3, 0.4) is 0 Å². The summed E-state index contributed by atoms with van der Waals surface area (Å²) < 4.78 is 27.5. The van der Waals surface area contributed by atoms with Crippen LogP contribution in [0.25, 0.3) is 0 Å². The third-order valence-electron chi connectivity index (χ3n) is 6.51. The standard InChI is InChI=1S/C24H31ClN4O3S/c1-18-16-21(7-10-23(18)28-14-12-27(2)13-15-28)26-24(30)19-4-3-11-29(17-19)33(31,32)22-8-5-20(25)6-9-22/h5-10,16,19H,3-4,11-15,17H2,1-2H3,(H,26,30). The molecule has 9 heteroatoms. The van der Waals surface area contributed by atoms with E-state index < -0.39 is 15.9 Å². The van der Waals surface area contributed by atoms with Gasteiger partial charge in [-0.3, -0.25) is 4.79 Å². The van der Waals surface area contributed by atoms with Gasteiger partial charge in [0.1, 0.15) is 0 Å². The van der Waals surface area contributed by atoms with E-state index in [2.05, 4.69) is 35.2 Å². The highest BCUT2D eigenvalue weighted by Gasteiger charge is 2.33. The van der Waals surface area contributed by atoms with Gasteiger partial charge in [0, 0.05) is 55.7 Å². The van der Waals surface area contributed by atoms with Gasteiger partial charge >= 0.3 is 0 Å². The molecule has 0 aliphatic carbocycles. The number of halogens is 1. The number of piperidine rings is 1. The molecule has 2 aliphatic heterocycles. The summed E-state index contributed by atoms with van der Waals surface area (Å²) >= 11 is 5.89. The molecule has 2 aromatic rings. The molecule has 0 bridgehead atoms. The van der Waals surface area contributed by atoms with Crippen LogP contribution >= 0.6 is 11.6 Å². The first-order chi connectivity index (χ1) is 15.7. The van der Waals surface area contributed by atoms with Gasteiger partial charge in [-0.1, -0.05) is 11.6 Å². The van der Waals surface area contributed by atoms with Crippen LogP contribution in [0.1, 0.15) is 18.4 Å². The van der Waals surface area contributed by atoms with Crippen LogP contribution in [0, 0.1) is 12.8 Å². The molecule has 4 rings (SSSR count). The average Bonchev–Trinajstić information content (AvgIpc) is 2.80. The zero-order chi connectivity index (χ0) is 23.6. The van der Waals surface area contributed by atoms with Crippen molar-refractivity contribution in [2.24, 2.45) is 5.92 Å². The maximum absolute atomic E-state index is 13.0. The summed E-state index contributed by atoms with van der Waals surface area (Å²) in [6.07, 6.45) is 1.31. The van der Waals surface area contributed by atoms with Crippen molar-refractivity contribution in [1.29, 1.82) is 0 Å². The maximum atomic E-state index is 13.0. The maximum Gasteiger partial charge on any atom is 0.243 e. The second-order valence-corrected chi connectivity index (χ2v) is 11.3. The average molecular weight is 491 g/mol. The molecule has 178 valence electrons. The van der Waals surface area contributed by atoms with Crippen LogP contribution < -0.4 is 10.2 Å². The highest BCUT2D eigenvalue weighted by atomic mass is 35.5. The number of hydrogen-bond acceptors (Lipinski definition) is 5. The lowest BCUT2D eigenvalue weighted by molar-refractivity contribution is -0.120. The van der Waals surface area contributed by atoms with Crippen LogP contribution in [0.5, 0.6) is 0 Å². The predicted octanol–water partition coefficient (Wildman–Crippen LogP) is 3.44. The molecule has 0 spiro atoms. The fraction of sp³-hybridized carbons (Fsp3) is 0.458. The Labute approximate surface area is 201 Å². The number of benzene rings is 2. The highest BCUT2D eigenvalue weighted by molar-refractivity contribution is 7.89. The quantitative estimate of drug-likeness (QED) is 0.695. The van der Waals surface area contributed by atoms with Crippen molar-refractivity contribution in [2.75, 3.05) is 56.5 Å². The number of sulfonamides is 1. The number of rotatable bonds is 5. The van der Waals surface area contributed by atoms with Gasteiger partial charge in [-0.2, -0.15) is 4.31 Å². The Balaban J connectivity index is 1.41. The summed E-state index contributed by atoms with van der Waals surface area (Å²) in [7, 11) is -1.53. The lowest BCUT2D eigenvalue weighted by Crippen LogP contribution is -2.44. The summed E-state index contributed by atoms with van der Waals surface area (Å²) in [5.41, 5.74) is 3.06.